The lowest BCUT2D eigenvalue weighted by Crippen LogP contribution is -2.51. The number of sulfonamides is 1. The Balaban J connectivity index is 1.62. The maximum Gasteiger partial charge on any atom is 0.264 e. The molecular formula is C26H28N2O6S. The van der Waals surface area contributed by atoms with Crippen LogP contribution in [0.15, 0.2) is 71.6 Å². The molecule has 0 fully saturated rings. The fraction of sp³-hybridized carbons (Fsp3) is 0.269. The minimum Gasteiger partial charge on any atom is -0.497 e. The second-order valence-electron chi connectivity index (χ2n) is 8.26. The summed E-state index contributed by atoms with van der Waals surface area (Å²) in [6, 6.07) is 18.3. The van der Waals surface area contributed by atoms with Crippen LogP contribution in [-0.4, -0.2) is 41.2 Å². The van der Waals surface area contributed by atoms with Crippen molar-refractivity contribution in [3.63, 3.8) is 0 Å². The highest BCUT2D eigenvalue weighted by Gasteiger charge is 2.38. The van der Waals surface area contributed by atoms with Crippen molar-refractivity contribution in [1.82, 2.24) is 5.32 Å². The lowest BCUT2D eigenvalue weighted by molar-refractivity contribution is -0.128. The summed E-state index contributed by atoms with van der Waals surface area (Å²) in [6.07, 6.45) is -1.05. The number of fused-ring (bicyclic) bond motifs is 1. The van der Waals surface area contributed by atoms with E-state index in [1.54, 1.807) is 80.9 Å². The fourth-order valence-electron chi connectivity index (χ4n) is 3.97. The van der Waals surface area contributed by atoms with Gasteiger partial charge in [-0.05, 0) is 56.3 Å². The van der Waals surface area contributed by atoms with Gasteiger partial charge in [0.25, 0.3) is 15.9 Å². The normalized spacial score (nSPS) is 16.0. The van der Waals surface area contributed by atoms with Crippen molar-refractivity contribution in [2.75, 3.05) is 25.1 Å². The summed E-state index contributed by atoms with van der Waals surface area (Å²) >= 11 is 0. The van der Waals surface area contributed by atoms with Gasteiger partial charge in [0.2, 0.25) is 0 Å². The zero-order valence-corrected chi connectivity index (χ0v) is 20.8. The van der Waals surface area contributed by atoms with Crippen LogP contribution in [0.5, 0.6) is 17.2 Å². The van der Waals surface area contributed by atoms with E-state index < -0.39 is 28.1 Å². The van der Waals surface area contributed by atoms with Crippen LogP contribution in [-0.2, 0) is 14.8 Å². The van der Waals surface area contributed by atoms with E-state index >= 15 is 0 Å². The number of benzene rings is 3. The molecule has 4 rings (SSSR count). The van der Waals surface area contributed by atoms with Crippen molar-refractivity contribution in [3.05, 3.63) is 77.9 Å². The molecule has 1 heterocycles. The number of carbonyl (C=O) groups excluding carboxylic acids is 1. The third-order valence-corrected chi connectivity index (χ3v) is 7.69. The quantitative estimate of drug-likeness (QED) is 0.534. The van der Waals surface area contributed by atoms with Crippen molar-refractivity contribution in [3.8, 4) is 17.2 Å². The minimum atomic E-state index is -3.92. The van der Waals surface area contributed by atoms with Gasteiger partial charge in [0, 0.05) is 5.56 Å². The average Bonchev–Trinajstić information content (AvgIpc) is 2.87. The summed E-state index contributed by atoms with van der Waals surface area (Å²) in [5.74, 6) is 1.10. The first-order valence-corrected chi connectivity index (χ1v) is 12.6. The predicted molar refractivity (Wildman–Crippen MR) is 133 cm³/mol. The molecule has 35 heavy (non-hydrogen) atoms. The van der Waals surface area contributed by atoms with Gasteiger partial charge in [-0.1, -0.05) is 29.8 Å². The van der Waals surface area contributed by atoms with Gasteiger partial charge in [0.05, 0.1) is 37.4 Å². The van der Waals surface area contributed by atoms with Crippen LogP contribution in [0.25, 0.3) is 0 Å². The first-order valence-electron chi connectivity index (χ1n) is 11.1. The van der Waals surface area contributed by atoms with Gasteiger partial charge in [0.15, 0.2) is 6.10 Å². The summed E-state index contributed by atoms with van der Waals surface area (Å²) in [5, 5.41) is 2.92. The lowest BCUT2D eigenvalue weighted by Gasteiger charge is -2.35. The minimum absolute atomic E-state index is 0.147. The number of para-hydroxylation sites is 2. The summed E-state index contributed by atoms with van der Waals surface area (Å²) in [7, 11) is -0.811. The second kappa shape index (κ2) is 9.87. The van der Waals surface area contributed by atoms with E-state index in [1.807, 2.05) is 13.8 Å². The number of hydrogen-bond donors (Lipinski definition) is 1. The molecule has 1 amide bonds. The van der Waals surface area contributed by atoms with Crippen molar-refractivity contribution < 1.29 is 27.4 Å². The second-order valence-corrected chi connectivity index (χ2v) is 10.1. The molecule has 0 aromatic heterocycles. The number of hydrogen-bond acceptors (Lipinski definition) is 6. The highest BCUT2D eigenvalue weighted by atomic mass is 32.2. The van der Waals surface area contributed by atoms with Gasteiger partial charge in [-0.2, -0.15) is 0 Å². The number of methoxy groups -OCH3 is 2. The van der Waals surface area contributed by atoms with E-state index in [0.717, 1.165) is 11.1 Å². The van der Waals surface area contributed by atoms with Crippen LogP contribution >= 0.6 is 0 Å². The molecule has 1 N–H and O–H groups in total. The molecule has 1 aliphatic rings. The van der Waals surface area contributed by atoms with E-state index in [9.17, 15) is 13.2 Å². The highest BCUT2D eigenvalue weighted by Crippen LogP contribution is 2.37. The van der Waals surface area contributed by atoms with Gasteiger partial charge < -0.3 is 19.5 Å². The maximum atomic E-state index is 13.5. The molecule has 1 aliphatic heterocycles. The molecule has 2 atom stereocenters. The number of ether oxygens (including phenoxy) is 3. The Morgan fingerprint density at radius 2 is 1.77 bits per heavy atom. The molecule has 8 nitrogen and oxygen atoms in total. The standard InChI is InChI=1S/C26H28N2O6S/c1-17-9-12-20(13-10-17)35(30,31)28-16-25(34-24-8-6-5-7-22(24)28)26(29)27-18(2)21-15-19(32-3)11-14-23(21)33-4/h5-15,18,25H,16H2,1-4H3,(H,27,29)/t18-,25+/m1/s1. The largest absolute Gasteiger partial charge is 0.497 e. The van der Waals surface area contributed by atoms with Crippen molar-refractivity contribution >= 4 is 21.6 Å². The van der Waals surface area contributed by atoms with Gasteiger partial charge in [-0.15, -0.1) is 0 Å². The number of amides is 1. The van der Waals surface area contributed by atoms with Crippen molar-refractivity contribution in [1.29, 1.82) is 0 Å². The molecule has 9 heteroatoms. The Morgan fingerprint density at radius 3 is 2.46 bits per heavy atom. The Bertz CT molecular complexity index is 1320. The van der Waals surface area contributed by atoms with Crippen LogP contribution in [0.3, 0.4) is 0 Å². The van der Waals surface area contributed by atoms with Gasteiger partial charge in [0.1, 0.15) is 17.2 Å². The summed E-state index contributed by atoms with van der Waals surface area (Å²) in [6.45, 7) is 3.53. The lowest BCUT2D eigenvalue weighted by atomic mass is 10.1. The summed E-state index contributed by atoms with van der Waals surface area (Å²) in [4.78, 5) is 13.4. The predicted octanol–water partition coefficient (Wildman–Crippen LogP) is 3.85. The van der Waals surface area contributed by atoms with E-state index in [0.29, 0.717) is 22.9 Å². The third kappa shape index (κ3) is 4.90. The van der Waals surface area contributed by atoms with Crippen LogP contribution in [0, 0.1) is 6.92 Å². The SMILES string of the molecule is COc1ccc(OC)c([C@@H](C)NC(=O)[C@@H]2CN(S(=O)(=O)c3ccc(C)cc3)c3ccccc3O2)c1. The van der Waals surface area contributed by atoms with Crippen molar-refractivity contribution in [2.45, 2.75) is 30.9 Å². The Kier molecular flexibility index (Phi) is 6.88. The summed E-state index contributed by atoms with van der Waals surface area (Å²) in [5.41, 5.74) is 2.06. The Labute approximate surface area is 205 Å². The Hall–Kier alpha value is -3.72. The van der Waals surface area contributed by atoms with E-state index in [-0.39, 0.29) is 11.4 Å². The highest BCUT2D eigenvalue weighted by molar-refractivity contribution is 7.92. The van der Waals surface area contributed by atoms with Crippen LogP contribution in [0.4, 0.5) is 5.69 Å². The first-order chi connectivity index (χ1) is 16.7. The number of nitrogens with zero attached hydrogens (tertiary/aromatic N) is 1. The first kappa shape index (κ1) is 24.4. The summed E-state index contributed by atoms with van der Waals surface area (Å²) < 4.78 is 45.0. The van der Waals surface area contributed by atoms with Crippen LogP contribution in [0.1, 0.15) is 24.1 Å². The van der Waals surface area contributed by atoms with Crippen molar-refractivity contribution in [2.24, 2.45) is 0 Å². The van der Waals surface area contributed by atoms with Gasteiger partial charge in [-0.3, -0.25) is 9.10 Å². The molecule has 184 valence electrons. The molecule has 0 spiro atoms. The number of aryl methyl sites for hydroxylation is 1. The number of nitrogens with one attached hydrogen (secondary N) is 1. The van der Waals surface area contributed by atoms with Gasteiger partial charge in [-0.25, -0.2) is 8.42 Å². The smallest absolute Gasteiger partial charge is 0.264 e. The average molecular weight is 497 g/mol. The molecule has 0 saturated heterocycles. The Morgan fingerprint density at radius 1 is 1.06 bits per heavy atom. The molecule has 0 bridgehead atoms. The number of rotatable bonds is 7. The molecule has 0 unspecified atom stereocenters. The van der Waals surface area contributed by atoms with Crippen LogP contribution < -0.4 is 23.8 Å². The molecule has 0 aliphatic carbocycles. The number of anilines is 1. The molecule has 0 radical (unpaired) electrons. The fourth-order valence-corrected chi connectivity index (χ4v) is 5.44. The van der Waals surface area contributed by atoms with Crippen LogP contribution in [0.2, 0.25) is 0 Å². The topological polar surface area (TPSA) is 94.2 Å². The third-order valence-electron chi connectivity index (χ3n) is 5.90. The molecule has 3 aromatic rings. The molecule has 3 aromatic carbocycles. The van der Waals surface area contributed by atoms with E-state index in [4.69, 9.17) is 14.2 Å². The maximum absolute atomic E-state index is 13.5. The van der Waals surface area contributed by atoms with Gasteiger partial charge >= 0.3 is 0 Å². The number of carbonyl (C=O) groups is 1. The zero-order valence-electron chi connectivity index (χ0n) is 20.0. The molecule has 0 saturated carbocycles. The van der Waals surface area contributed by atoms with E-state index in [1.165, 1.54) is 4.31 Å². The molecular weight excluding hydrogens is 468 g/mol. The van der Waals surface area contributed by atoms with E-state index in [2.05, 4.69) is 5.32 Å². The zero-order chi connectivity index (χ0) is 25.2. The monoisotopic (exact) mass is 496 g/mol.